The molecule has 0 heterocycles. The zero-order chi connectivity index (χ0) is 17.4. The third-order valence-corrected chi connectivity index (χ3v) is 3.46. The van der Waals surface area contributed by atoms with Crippen molar-refractivity contribution in [2.75, 3.05) is 6.61 Å². The van der Waals surface area contributed by atoms with Gasteiger partial charge in [-0.3, -0.25) is 4.79 Å². The van der Waals surface area contributed by atoms with Crippen molar-refractivity contribution in [3.63, 3.8) is 0 Å². The molecule has 126 valence electrons. The molecule has 0 aromatic heterocycles. The molecule has 0 aliphatic carbocycles. The maximum absolute atomic E-state index is 12.3. The zero-order valence-electron chi connectivity index (χ0n) is 13.6. The van der Waals surface area contributed by atoms with Gasteiger partial charge in [-0.25, -0.2) is 4.79 Å². The number of nitrogens with one attached hydrogen (secondary N) is 1. The number of rotatable bonds is 8. The fourth-order valence-corrected chi connectivity index (χ4v) is 2.24. The summed E-state index contributed by atoms with van der Waals surface area (Å²) >= 11 is 0. The van der Waals surface area contributed by atoms with Crippen molar-refractivity contribution in [1.29, 1.82) is 0 Å². The highest BCUT2D eigenvalue weighted by Gasteiger charge is 2.21. The van der Waals surface area contributed by atoms with Gasteiger partial charge < -0.3 is 15.2 Å². The molecule has 0 fully saturated rings. The number of aliphatic carboxylic acids is 1. The molecule has 1 atom stereocenters. The Bertz CT molecular complexity index is 685. The SMILES string of the molecule is CCCOc1cccc(C(=O)N[C@H](Cc2ccccc2)C(=O)O)c1. The van der Waals surface area contributed by atoms with Crippen LogP contribution in [0.4, 0.5) is 0 Å². The molecule has 0 saturated carbocycles. The first kappa shape index (κ1) is 17.5. The monoisotopic (exact) mass is 327 g/mol. The normalized spacial score (nSPS) is 11.5. The third-order valence-electron chi connectivity index (χ3n) is 3.46. The van der Waals surface area contributed by atoms with Gasteiger partial charge in [-0.15, -0.1) is 0 Å². The first-order valence-corrected chi connectivity index (χ1v) is 7.90. The highest BCUT2D eigenvalue weighted by molar-refractivity contribution is 5.96. The van der Waals surface area contributed by atoms with E-state index in [0.29, 0.717) is 17.9 Å². The van der Waals surface area contributed by atoms with Crippen molar-refractivity contribution in [3.8, 4) is 5.75 Å². The van der Waals surface area contributed by atoms with Crippen molar-refractivity contribution >= 4 is 11.9 Å². The van der Waals surface area contributed by atoms with Gasteiger partial charge in [-0.1, -0.05) is 43.3 Å². The Balaban J connectivity index is 2.06. The first-order valence-electron chi connectivity index (χ1n) is 7.90. The van der Waals surface area contributed by atoms with Crippen LogP contribution >= 0.6 is 0 Å². The molecular formula is C19H21NO4. The van der Waals surface area contributed by atoms with Crippen LogP contribution in [0.25, 0.3) is 0 Å². The van der Waals surface area contributed by atoms with E-state index < -0.39 is 17.9 Å². The second kappa shape index (κ2) is 8.72. The van der Waals surface area contributed by atoms with Gasteiger partial charge in [0.15, 0.2) is 0 Å². The summed E-state index contributed by atoms with van der Waals surface area (Å²) in [6.07, 6.45) is 1.10. The summed E-state index contributed by atoms with van der Waals surface area (Å²) < 4.78 is 5.50. The quantitative estimate of drug-likeness (QED) is 0.782. The summed E-state index contributed by atoms with van der Waals surface area (Å²) in [6.45, 7) is 2.56. The molecule has 1 amide bonds. The molecular weight excluding hydrogens is 306 g/mol. The number of amides is 1. The number of hydrogen-bond acceptors (Lipinski definition) is 3. The summed E-state index contributed by atoms with van der Waals surface area (Å²) in [5.74, 6) is -0.898. The van der Waals surface area contributed by atoms with Crippen molar-refractivity contribution in [2.24, 2.45) is 0 Å². The second-order valence-corrected chi connectivity index (χ2v) is 5.43. The van der Waals surface area contributed by atoms with Gasteiger partial charge in [0, 0.05) is 12.0 Å². The van der Waals surface area contributed by atoms with Crippen molar-refractivity contribution in [2.45, 2.75) is 25.8 Å². The van der Waals surface area contributed by atoms with E-state index in [1.54, 1.807) is 24.3 Å². The highest BCUT2D eigenvalue weighted by atomic mass is 16.5. The van der Waals surface area contributed by atoms with Gasteiger partial charge in [-0.2, -0.15) is 0 Å². The Morgan fingerprint density at radius 2 is 1.88 bits per heavy atom. The number of carboxylic acids is 1. The molecule has 0 spiro atoms. The van der Waals surface area contributed by atoms with Gasteiger partial charge in [0.25, 0.3) is 5.91 Å². The molecule has 2 N–H and O–H groups in total. The maximum atomic E-state index is 12.3. The predicted molar refractivity (Wildman–Crippen MR) is 91.3 cm³/mol. The lowest BCUT2D eigenvalue weighted by atomic mass is 10.1. The van der Waals surface area contributed by atoms with Crippen LogP contribution < -0.4 is 10.1 Å². The zero-order valence-corrected chi connectivity index (χ0v) is 13.6. The molecule has 5 nitrogen and oxygen atoms in total. The van der Waals surface area contributed by atoms with E-state index in [2.05, 4.69) is 5.32 Å². The molecule has 0 saturated heterocycles. The van der Waals surface area contributed by atoms with Gasteiger partial charge in [-0.05, 0) is 30.2 Å². The smallest absolute Gasteiger partial charge is 0.326 e. The predicted octanol–water partition coefficient (Wildman–Crippen LogP) is 2.90. The van der Waals surface area contributed by atoms with Crippen LogP contribution in [0.5, 0.6) is 5.75 Å². The van der Waals surface area contributed by atoms with Crippen LogP contribution in [-0.2, 0) is 11.2 Å². The summed E-state index contributed by atoms with van der Waals surface area (Å²) in [5, 5.41) is 11.9. The minimum atomic E-state index is -1.06. The number of carboxylic acid groups (broad SMARTS) is 1. The lowest BCUT2D eigenvalue weighted by molar-refractivity contribution is -0.139. The Kier molecular flexibility index (Phi) is 6.37. The van der Waals surface area contributed by atoms with Gasteiger partial charge in [0.05, 0.1) is 6.61 Å². The van der Waals surface area contributed by atoms with E-state index in [-0.39, 0.29) is 6.42 Å². The summed E-state index contributed by atoms with van der Waals surface area (Å²) in [4.78, 5) is 23.8. The molecule has 2 rings (SSSR count). The van der Waals surface area contributed by atoms with Gasteiger partial charge in [0.2, 0.25) is 0 Å². The number of hydrogen-bond donors (Lipinski definition) is 2. The minimum absolute atomic E-state index is 0.230. The molecule has 2 aromatic carbocycles. The van der Waals surface area contributed by atoms with E-state index in [0.717, 1.165) is 12.0 Å². The van der Waals surface area contributed by atoms with E-state index in [9.17, 15) is 14.7 Å². The van der Waals surface area contributed by atoms with Crippen molar-refractivity contribution in [1.82, 2.24) is 5.32 Å². The minimum Gasteiger partial charge on any atom is -0.494 e. The molecule has 0 bridgehead atoms. The second-order valence-electron chi connectivity index (χ2n) is 5.43. The van der Waals surface area contributed by atoms with Crippen LogP contribution in [0.1, 0.15) is 29.3 Å². The van der Waals surface area contributed by atoms with Crippen LogP contribution in [0.2, 0.25) is 0 Å². The summed E-state index contributed by atoms with van der Waals surface area (Å²) in [6, 6.07) is 15.0. The lowest BCUT2D eigenvalue weighted by Crippen LogP contribution is -2.42. The first-order chi connectivity index (χ1) is 11.6. The number of carbonyl (C=O) groups is 2. The van der Waals surface area contributed by atoms with Crippen LogP contribution in [0.3, 0.4) is 0 Å². The van der Waals surface area contributed by atoms with Crippen molar-refractivity contribution < 1.29 is 19.4 Å². The molecule has 0 aliphatic heterocycles. The molecule has 5 heteroatoms. The van der Waals surface area contributed by atoms with E-state index >= 15 is 0 Å². The van der Waals surface area contributed by atoms with Gasteiger partial charge >= 0.3 is 5.97 Å². The fourth-order valence-electron chi connectivity index (χ4n) is 2.24. The van der Waals surface area contributed by atoms with E-state index in [4.69, 9.17) is 4.74 Å². The van der Waals surface area contributed by atoms with Crippen LogP contribution in [-0.4, -0.2) is 29.6 Å². The molecule has 2 aromatic rings. The lowest BCUT2D eigenvalue weighted by Gasteiger charge is -2.15. The largest absolute Gasteiger partial charge is 0.494 e. The average Bonchev–Trinajstić information content (AvgIpc) is 2.60. The summed E-state index contributed by atoms with van der Waals surface area (Å²) in [5.41, 5.74) is 1.23. The average molecular weight is 327 g/mol. The highest BCUT2D eigenvalue weighted by Crippen LogP contribution is 2.14. The standard InChI is InChI=1S/C19H21NO4/c1-2-11-24-16-10-6-9-15(13-16)18(21)20-17(19(22)23)12-14-7-4-3-5-8-14/h3-10,13,17H,2,11-12H2,1H3,(H,20,21)(H,22,23)/t17-/m1/s1. The van der Waals surface area contributed by atoms with Crippen LogP contribution in [0, 0.1) is 0 Å². The molecule has 24 heavy (non-hydrogen) atoms. The van der Waals surface area contributed by atoms with E-state index in [1.807, 2.05) is 37.3 Å². The molecule has 0 radical (unpaired) electrons. The molecule has 0 aliphatic rings. The Labute approximate surface area is 141 Å². The summed E-state index contributed by atoms with van der Waals surface area (Å²) in [7, 11) is 0. The number of ether oxygens (including phenoxy) is 1. The van der Waals surface area contributed by atoms with E-state index in [1.165, 1.54) is 0 Å². The number of benzene rings is 2. The van der Waals surface area contributed by atoms with Crippen LogP contribution in [0.15, 0.2) is 54.6 Å². The van der Waals surface area contributed by atoms with Gasteiger partial charge in [0.1, 0.15) is 11.8 Å². The Morgan fingerprint density at radius 1 is 1.12 bits per heavy atom. The maximum Gasteiger partial charge on any atom is 0.326 e. The Morgan fingerprint density at radius 3 is 2.54 bits per heavy atom. The fraction of sp³-hybridized carbons (Fsp3) is 0.263. The Hall–Kier alpha value is -2.82. The van der Waals surface area contributed by atoms with Crippen molar-refractivity contribution in [3.05, 3.63) is 65.7 Å². The third kappa shape index (κ3) is 5.12. The number of carbonyl (C=O) groups excluding carboxylic acids is 1. The topological polar surface area (TPSA) is 75.6 Å². The molecule has 0 unspecified atom stereocenters.